The van der Waals surface area contributed by atoms with Crippen molar-refractivity contribution >= 4 is 31.9 Å². The molecule has 2 rings (SSSR count). The van der Waals surface area contributed by atoms with Crippen molar-refractivity contribution in [1.29, 1.82) is 0 Å². The smallest absolute Gasteiger partial charge is 0.0207 e. The number of benzene rings is 1. The van der Waals surface area contributed by atoms with E-state index in [2.05, 4.69) is 63.0 Å². The molecular weight excluding hydrogens is 340 g/mol. The molecule has 1 fully saturated rings. The lowest BCUT2D eigenvalue weighted by molar-refractivity contribution is 0.271. The average Bonchev–Trinajstić information content (AvgIpc) is 2.35. The van der Waals surface area contributed by atoms with Crippen LogP contribution in [0.2, 0.25) is 0 Å². The van der Waals surface area contributed by atoms with Crippen molar-refractivity contribution < 1.29 is 0 Å². The van der Waals surface area contributed by atoms with E-state index in [0.717, 1.165) is 11.8 Å². The Bertz CT molecular complexity index is 362. The van der Waals surface area contributed by atoms with Crippen molar-refractivity contribution in [2.45, 2.75) is 43.9 Å². The first-order valence-corrected chi connectivity index (χ1v) is 8.29. The van der Waals surface area contributed by atoms with Gasteiger partial charge >= 0.3 is 0 Å². The van der Waals surface area contributed by atoms with Gasteiger partial charge in [-0.05, 0) is 49.1 Å². The molecule has 17 heavy (non-hydrogen) atoms. The summed E-state index contributed by atoms with van der Waals surface area (Å²) < 4.78 is 1.26. The van der Waals surface area contributed by atoms with Crippen molar-refractivity contribution in [2.75, 3.05) is 0 Å². The molecule has 1 saturated carbocycles. The molecule has 3 unspecified atom stereocenters. The Kier molecular flexibility index (Phi) is 5.10. The van der Waals surface area contributed by atoms with Gasteiger partial charge in [0.1, 0.15) is 0 Å². The third-order valence-corrected chi connectivity index (χ3v) is 5.99. The van der Waals surface area contributed by atoms with Crippen LogP contribution in [0.1, 0.15) is 38.2 Å². The van der Waals surface area contributed by atoms with Gasteiger partial charge in [0.15, 0.2) is 0 Å². The van der Waals surface area contributed by atoms with Crippen molar-refractivity contribution in [2.24, 2.45) is 11.8 Å². The second-order valence-corrected chi connectivity index (χ2v) is 7.19. The second-order valence-electron chi connectivity index (χ2n) is 5.16. The maximum absolute atomic E-state index is 3.88. The molecule has 0 aromatic heterocycles. The van der Waals surface area contributed by atoms with Crippen molar-refractivity contribution in [3.8, 4) is 0 Å². The largest absolute Gasteiger partial charge is 0.0888 e. The second kappa shape index (κ2) is 6.38. The van der Waals surface area contributed by atoms with E-state index in [1.165, 1.54) is 42.1 Å². The topological polar surface area (TPSA) is 0 Å². The summed E-state index contributed by atoms with van der Waals surface area (Å²) in [6, 6.07) is 8.64. The molecule has 2 heteroatoms. The zero-order valence-electron chi connectivity index (χ0n) is 10.3. The molecule has 0 aliphatic heterocycles. The molecule has 0 bridgehead atoms. The van der Waals surface area contributed by atoms with E-state index in [0.29, 0.717) is 4.83 Å². The molecule has 1 aromatic carbocycles. The maximum atomic E-state index is 3.88. The van der Waals surface area contributed by atoms with Gasteiger partial charge in [-0.25, -0.2) is 0 Å². The Morgan fingerprint density at radius 3 is 2.71 bits per heavy atom. The van der Waals surface area contributed by atoms with Gasteiger partial charge in [-0.3, -0.25) is 0 Å². The van der Waals surface area contributed by atoms with E-state index in [1.807, 2.05) is 0 Å². The van der Waals surface area contributed by atoms with E-state index < -0.39 is 0 Å². The van der Waals surface area contributed by atoms with Gasteiger partial charge in [0, 0.05) is 9.30 Å². The summed E-state index contributed by atoms with van der Waals surface area (Å²) in [5.41, 5.74) is 1.46. The lowest BCUT2D eigenvalue weighted by atomic mass is 9.77. The van der Waals surface area contributed by atoms with Gasteiger partial charge in [0.2, 0.25) is 0 Å². The summed E-state index contributed by atoms with van der Waals surface area (Å²) in [6.45, 7) is 2.33. The molecule has 0 saturated heterocycles. The maximum Gasteiger partial charge on any atom is 0.0207 e. The van der Waals surface area contributed by atoms with Crippen LogP contribution in [-0.2, 0) is 6.42 Å². The van der Waals surface area contributed by atoms with Gasteiger partial charge in [0.25, 0.3) is 0 Å². The normalized spacial score (nSPS) is 29.2. The van der Waals surface area contributed by atoms with Gasteiger partial charge in [-0.1, -0.05) is 63.4 Å². The van der Waals surface area contributed by atoms with Crippen LogP contribution in [-0.4, -0.2) is 4.83 Å². The highest BCUT2D eigenvalue weighted by atomic mass is 79.9. The summed E-state index contributed by atoms with van der Waals surface area (Å²) in [5, 5.41) is 0. The van der Waals surface area contributed by atoms with Gasteiger partial charge in [0.05, 0.1) is 0 Å². The Morgan fingerprint density at radius 2 is 2.00 bits per heavy atom. The number of alkyl halides is 1. The van der Waals surface area contributed by atoms with E-state index in [1.54, 1.807) is 0 Å². The van der Waals surface area contributed by atoms with Crippen LogP contribution in [0.5, 0.6) is 0 Å². The summed E-state index contributed by atoms with van der Waals surface area (Å²) in [6.07, 6.45) is 6.67. The predicted molar refractivity (Wildman–Crippen MR) is 81.7 cm³/mol. The first-order valence-electron chi connectivity index (χ1n) is 6.58. The fraction of sp³-hybridized carbons (Fsp3) is 0.600. The fourth-order valence-corrected chi connectivity index (χ4v) is 3.97. The number of halogens is 2. The number of rotatable bonds is 3. The molecule has 0 N–H and O–H groups in total. The standard InChI is InChI=1S/C15H20Br2/c1-2-11-7-8-15(17)13(9-11)10-12-5-3-4-6-14(12)16/h3-6,11,13,15H,2,7-10H2,1H3. The highest BCUT2D eigenvalue weighted by molar-refractivity contribution is 9.10. The Morgan fingerprint density at radius 1 is 1.24 bits per heavy atom. The van der Waals surface area contributed by atoms with Crippen LogP contribution in [0.3, 0.4) is 0 Å². The lowest BCUT2D eigenvalue weighted by Crippen LogP contribution is -2.26. The molecule has 94 valence electrons. The Hall–Kier alpha value is 0.180. The number of hydrogen-bond acceptors (Lipinski definition) is 0. The zero-order chi connectivity index (χ0) is 12.3. The summed E-state index contributed by atoms with van der Waals surface area (Å²) >= 11 is 7.54. The summed E-state index contributed by atoms with van der Waals surface area (Å²) in [4.78, 5) is 0.706. The Labute approximate surface area is 121 Å². The van der Waals surface area contributed by atoms with Crippen LogP contribution in [0.15, 0.2) is 28.7 Å². The minimum atomic E-state index is 0.706. The molecule has 0 amide bonds. The van der Waals surface area contributed by atoms with Crippen LogP contribution in [0.25, 0.3) is 0 Å². The molecule has 3 atom stereocenters. The van der Waals surface area contributed by atoms with Gasteiger partial charge in [-0.15, -0.1) is 0 Å². The average molecular weight is 360 g/mol. The van der Waals surface area contributed by atoms with Gasteiger partial charge in [-0.2, -0.15) is 0 Å². The monoisotopic (exact) mass is 358 g/mol. The van der Waals surface area contributed by atoms with Crippen LogP contribution in [0.4, 0.5) is 0 Å². The molecule has 1 aliphatic rings. The molecule has 0 radical (unpaired) electrons. The zero-order valence-corrected chi connectivity index (χ0v) is 13.5. The minimum absolute atomic E-state index is 0.706. The van der Waals surface area contributed by atoms with Crippen molar-refractivity contribution in [3.05, 3.63) is 34.3 Å². The third kappa shape index (κ3) is 3.57. The quantitative estimate of drug-likeness (QED) is 0.618. The highest BCUT2D eigenvalue weighted by Crippen LogP contribution is 2.37. The van der Waals surface area contributed by atoms with Crippen LogP contribution >= 0.6 is 31.9 Å². The van der Waals surface area contributed by atoms with E-state index in [-0.39, 0.29) is 0 Å². The first-order chi connectivity index (χ1) is 8.20. The molecule has 0 spiro atoms. The molecule has 0 heterocycles. The minimum Gasteiger partial charge on any atom is -0.0888 e. The summed E-state index contributed by atoms with van der Waals surface area (Å²) in [7, 11) is 0. The van der Waals surface area contributed by atoms with Gasteiger partial charge < -0.3 is 0 Å². The Balaban J connectivity index is 2.04. The van der Waals surface area contributed by atoms with E-state index in [9.17, 15) is 0 Å². The molecule has 0 nitrogen and oxygen atoms in total. The molecular formula is C15H20Br2. The number of hydrogen-bond donors (Lipinski definition) is 0. The predicted octanol–water partition coefficient (Wildman–Crippen LogP) is 5.58. The van der Waals surface area contributed by atoms with Crippen LogP contribution in [0, 0.1) is 11.8 Å². The van der Waals surface area contributed by atoms with Crippen LogP contribution < -0.4 is 0 Å². The third-order valence-electron chi connectivity index (χ3n) is 4.02. The van der Waals surface area contributed by atoms with Crippen molar-refractivity contribution in [3.63, 3.8) is 0 Å². The fourth-order valence-electron chi connectivity index (χ4n) is 2.85. The molecule has 1 aromatic rings. The molecule has 1 aliphatic carbocycles. The van der Waals surface area contributed by atoms with Crippen molar-refractivity contribution in [1.82, 2.24) is 0 Å². The first kappa shape index (κ1) is 13.6. The van der Waals surface area contributed by atoms with E-state index >= 15 is 0 Å². The lowest BCUT2D eigenvalue weighted by Gasteiger charge is -2.33. The summed E-state index contributed by atoms with van der Waals surface area (Å²) in [5.74, 6) is 1.74. The SMILES string of the molecule is CCC1CCC(Br)C(Cc2ccccc2Br)C1. The highest BCUT2D eigenvalue weighted by Gasteiger charge is 2.28. The van der Waals surface area contributed by atoms with E-state index in [4.69, 9.17) is 0 Å².